The molecule has 2 aromatic carbocycles. The number of anilines is 2. The van der Waals surface area contributed by atoms with E-state index in [-0.39, 0.29) is 26.9 Å². The van der Waals surface area contributed by atoms with Gasteiger partial charge in [-0.3, -0.25) is 14.7 Å². The van der Waals surface area contributed by atoms with Gasteiger partial charge in [-0.05, 0) is 36.8 Å². The van der Waals surface area contributed by atoms with Gasteiger partial charge in [0, 0.05) is 28.9 Å². The van der Waals surface area contributed by atoms with Crippen LogP contribution in [0.4, 0.5) is 11.5 Å². The summed E-state index contributed by atoms with van der Waals surface area (Å²) in [6.45, 7) is 2.64. The molecule has 6 nitrogen and oxygen atoms in total. The number of hydrogen-bond donors (Lipinski definition) is 3. The molecule has 1 amide bonds. The third-order valence-corrected chi connectivity index (χ3v) is 7.35. The molecule has 38 heavy (non-hydrogen) atoms. The first kappa shape index (κ1) is 30.4. The van der Waals surface area contributed by atoms with Crippen LogP contribution in [0.25, 0.3) is 5.69 Å². The van der Waals surface area contributed by atoms with Gasteiger partial charge in [-0.15, -0.1) is 11.6 Å². The second-order valence-electron chi connectivity index (χ2n) is 9.34. The van der Waals surface area contributed by atoms with Crippen molar-refractivity contribution in [2.45, 2.75) is 70.1 Å². The van der Waals surface area contributed by atoms with E-state index in [1.165, 1.54) is 67.8 Å². The lowest BCUT2D eigenvalue weighted by atomic mass is 10.1. The van der Waals surface area contributed by atoms with Crippen LogP contribution < -0.4 is 16.2 Å². The van der Waals surface area contributed by atoms with E-state index in [2.05, 4.69) is 22.7 Å². The van der Waals surface area contributed by atoms with Crippen molar-refractivity contribution in [1.29, 1.82) is 0 Å². The van der Waals surface area contributed by atoms with E-state index >= 15 is 0 Å². The topological polar surface area (TPSA) is 78.9 Å². The standard InChI is InChI=1S/C28H34Cl4N4O2/c1-2-3-4-5-6-7-8-9-12-20(29)18-33-28(38)19-11-10-13-22(14-19)34-25-17-26(37)36(35-25)27-23(31)15-21(30)16-24(27)32/h10-11,13-17,20,34-35H,2-9,12,18H2,1H3,(H,33,38). The van der Waals surface area contributed by atoms with Crippen molar-refractivity contribution in [1.82, 2.24) is 15.1 Å². The molecule has 0 saturated heterocycles. The number of carbonyl (C=O) groups is 1. The fourth-order valence-corrected chi connectivity index (χ4v) is 5.39. The van der Waals surface area contributed by atoms with Gasteiger partial charge in [0.25, 0.3) is 11.5 Å². The normalized spacial score (nSPS) is 11.9. The summed E-state index contributed by atoms with van der Waals surface area (Å²) in [5, 5.41) is 9.69. The monoisotopic (exact) mass is 598 g/mol. The molecule has 3 rings (SSSR count). The van der Waals surface area contributed by atoms with E-state index in [4.69, 9.17) is 46.4 Å². The molecule has 10 heteroatoms. The third kappa shape index (κ3) is 9.26. The molecule has 0 aliphatic carbocycles. The van der Waals surface area contributed by atoms with E-state index in [0.717, 1.165) is 12.8 Å². The Labute approximate surface area is 244 Å². The number of H-pyrrole nitrogens is 1. The minimum atomic E-state index is -0.364. The van der Waals surface area contributed by atoms with Gasteiger partial charge >= 0.3 is 0 Å². The van der Waals surface area contributed by atoms with Crippen LogP contribution in [0.15, 0.2) is 47.3 Å². The molecule has 0 aliphatic heterocycles. The maximum absolute atomic E-state index is 12.7. The summed E-state index contributed by atoms with van der Waals surface area (Å²) in [7, 11) is 0. The molecule has 206 valence electrons. The summed E-state index contributed by atoms with van der Waals surface area (Å²) >= 11 is 24.9. The molecular weight excluding hydrogens is 566 g/mol. The lowest BCUT2D eigenvalue weighted by Crippen LogP contribution is -2.29. The number of benzene rings is 2. The molecular formula is C28H34Cl4N4O2. The van der Waals surface area contributed by atoms with Crippen molar-refractivity contribution in [2.75, 3.05) is 11.9 Å². The van der Waals surface area contributed by atoms with Crippen molar-refractivity contribution in [3.63, 3.8) is 0 Å². The van der Waals surface area contributed by atoms with Crippen molar-refractivity contribution < 1.29 is 4.79 Å². The lowest BCUT2D eigenvalue weighted by Gasteiger charge is -2.12. The van der Waals surface area contributed by atoms with Crippen molar-refractivity contribution in [3.05, 3.63) is 73.4 Å². The second kappa shape index (κ2) is 15.5. The summed E-state index contributed by atoms with van der Waals surface area (Å²) in [6, 6.07) is 11.4. The van der Waals surface area contributed by atoms with Gasteiger partial charge in [0.05, 0.1) is 15.4 Å². The quantitative estimate of drug-likeness (QED) is 0.121. The first-order valence-corrected chi connectivity index (χ1v) is 14.6. The van der Waals surface area contributed by atoms with Gasteiger partial charge < -0.3 is 10.6 Å². The Hall–Kier alpha value is -2.12. The maximum Gasteiger partial charge on any atom is 0.273 e. The molecule has 0 aliphatic rings. The molecule has 1 unspecified atom stereocenters. The number of halogens is 4. The van der Waals surface area contributed by atoms with Crippen LogP contribution in [0, 0.1) is 0 Å². The highest BCUT2D eigenvalue weighted by atomic mass is 35.5. The van der Waals surface area contributed by atoms with E-state index < -0.39 is 0 Å². The van der Waals surface area contributed by atoms with Crippen molar-refractivity contribution in [3.8, 4) is 5.69 Å². The third-order valence-electron chi connectivity index (χ3n) is 6.18. The molecule has 0 spiro atoms. The Balaban J connectivity index is 1.50. The zero-order chi connectivity index (χ0) is 27.5. The molecule has 0 bridgehead atoms. The predicted molar refractivity (Wildman–Crippen MR) is 160 cm³/mol. The Morgan fingerprint density at radius 2 is 1.61 bits per heavy atom. The molecule has 1 aromatic heterocycles. The number of nitrogens with zero attached hydrogens (tertiary/aromatic N) is 1. The predicted octanol–water partition coefficient (Wildman–Crippen LogP) is 8.74. The van der Waals surface area contributed by atoms with Gasteiger partial charge in [-0.1, -0.05) is 99.2 Å². The lowest BCUT2D eigenvalue weighted by molar-refractivity contribution is 0.0953. The number of carbonyl (C=O) groups excluding carboxylic acids is 1. The first-order valence-electron chi connectivity index (χ1n) is 13.0. The zero-order valence-electron chi connectivity index (χ0n) is 21.5. The van der Waals surface area contributed by atoms with E-state index in [1.807, 2.05) is 0 Å². The Morgan fingerprint density at radius 1 is 0.947 bits per heavy atom. The summed E-state index contributed by atoms with van der Waals surface area (Å²) in [5.41, 5.74) is 1.04. The smallest absolute Gasteiger partial charge is 0.273 e. The van der Waals surface area contributed by atoms with E-state index in [0.29, 0.717) is 34.3 Å². The van der Waals surface area contributed by atoms with Crippen molar-refractivity contribution >= 4 is 63.8 Å². The van der Waals surface area contributed by atoms with Crippen LogP contribution in [0.2, 0.25) is 15.1 Å². The summed E-state index contributed by atoms with van der Waals surface area (Å²) in [5.74, 6) is 0.196. The van der Waals surface area contributed by atoms with Crippen LogP contribution in [-0.4, -0.2) is 27.6 Å². The molecule has 1 heterocycles. The number of alkyl halides is 1. The average molecular weight is 600 g/mol. The van der Waals surface area contributed by atoms with Gasteiger partial charge in [-0.25, -0.2) is 4.68 Å². The van der Waals surface area contributed by atoms with Crippen molar-refractivity contribution in [2.24, 2.45) is 0 Å². The largest absolute Gasteiger partial charge is 0.351 e. The zero-order valence-corrected chi connectivity index (χ0v) is 24.5. The molecule has 0 fully saturated rings. The summed E-state index contributed by atoms with van der Waals surface area (Å²) in [6.07, 6.45) is 10.9. The number of amides is 1. The van der Waals surface area contributed by atoms with Crippen LogP contribution in [0.3, 0.4) is 0 Å². The Kier molecular flexibility index (Phi) is 12.4. The van der Waals surface area contributed by atoms with Gasteiger partial charge in [0.15, 0.2) is 0 Å². The van der Waals surface area contributed by atoms with E-state index in [9.17, 15) is 9.59 Å². The van der Waals surface area contributed by atoms with Crippen LogP contribution in [-0.2, 0) is 0 Å². The number of nitrogens with one attached hydrogen (secondary N) is 3. The second-order valence-corrected chi connectivity index (χ2v) is 11.2. The molecule has 3 aromatic rings. The summed E-state index contributed by atoms with van der Waals surface area (Å²) < 4.78 is 1.23. The fourth-order valence-electron chi connectivity index (χ4n) is 4.18. The van der Waals surface area contributed by atoms with Crippen LogP contribution in [0.5, 0.6) is 0 Å². The first-order chi connectivity index (χ1) is 18.3. The van der Waals surface area contributed by atoms with Gasteiger partial charge in [-0.2, -0.15) is 0 Å². The molecule has 0 saturated carbocycles. The maximum atomic E-state index is 12.7. The molecule has 0 radical (unpaired) electrons. The Bertz CT molecular complexity index is 1230. The Morgan fingerprint density at radius 3 is 2.29 bits per heavy atom. The van der Waals surface area contributed by atoms with Crippen LogP contribution >= 0.6 is 46.4 Å². The number of hydrogen-bond acceptors (Lipinski definition) is 3. The van der Waals surface area contributed by atoms with Crippen LogP contribution in [0.1, 0.15) is 75.1 Å². The number of unbranched alkanes of at least 4 members (excludes halogenated alkanes) is 7. The van der Waals surface area contributed by atoms with Gasteiger partial charge in [0.1, 0.15) is 11.5 Å². The highest BCUT2D eigenvalue weighted by Gasteiger charge is 2.15. The SMILES string of the molecule is CCCCCCCCCCC(Cl)CNC(=O)c1cccc(Nc2cc(=O)n(-c3c(Cl)cc(Cl)cc3Cl)[nH]2)c1. The number of rotatable bonds is 15. The highest BCUT2D eigenvalue weighted by Crippen LogP contribution is 2.31. The molecule has 3 N–H and O–H groups in total. The highest BCUT2D eigenvalue weighted by molar-refractivity contribution is 6.40. The number of aromatic nitrogens is 2. The fraction of sp³-hybridized carbons (Fsp3) is 0.429. The van der Waals surface area contributed by atoms with E-state index in [1.54, 1.807) is 24.3 Å². The average Bonchev–Trinajstić information content (AvgIpc) is 3.22. The summed E-state index contributed by atoms with van der Waals surface area (Å²) in [4.78, 5) is 25.3. The number of aromatic amines is 1. The minimum Gasteiger partial charge on any atom is -0.351 e. The minimum absolute atomic E-state index is 0.100. The van der Waals surface area contributed by atoms with Gasteiger partial charge in [0.2, 0.25) is 0 Å². The molecule has 1 atom stereocenters.